The Morgan fingerprint density at radius 1 is 0.957 bits per heavy atom. The molecule has 0 bridgehead atoms. The number of amides is 2. The number of carbonyl (C=O) groups is 2. The Balaban J connectivity index is 1.14. The van der Waals surface area contributed by atoms with Gasteiger partial charge in [-0.25, -0.2) is 14.8 Å². The van der Waals surface area contributed by atoms with Gasteiger partial charge in [0.05, 0.1) is 19.4 Å². The molecule has 0 aliphatic heterocycles. The van der Waals surface area contributed by atoms with Crippen molar-refractivity contribution in [3.05, 3.63) is 54.0 Å². The predicted octanol–water partition coefficient (Wildman–Crippen LogP) is 6.56. The second kappa shape index (κ2) is 15.3. The zero-order valence-electron chi connectivity index (χ0n) is 27.8. The lowest BCUT2D eigenvalue weighted by Gasteiger charge is -2.35. The summed E-state index contributed by atoms with van der Waals surface area (Å²) in [6.45, 7) is 3.43. The molecule has 252 valence electrons. The van der Waals surface area contributed by atoms with Gasteiger partial charge in [0, 0.05) is 55.4 Å². The summed E-state index contributed by atoms with van der Waals surface area (Å²) < 4.78 is 21.8. The molecule has 11 nitrogen and oxygen atoms in total. The van der Waals surface area contributed by atoms with Gasteiger partial charge in [-0.05, 0) is 101 Å². The summed E-state index contributed by atoms with van der Waals surface area (Å²) in [5.74, 6) is 3.35. The van der Waals surface area contributed by atoms with E-state index >= 15 is 0 Å². The van der Waals surface area contributed by atoms with Gasteiger partial charge >= 0.3 is 6.09 Å². The van der Waals surface area contributed by atoms with Crippen LogP contribution in [0.1, 0.15) is 93.3 Å². The summed E-state index contributed by atoms with van der Waals surface area (Å²) in [5, 5.41) is 2.71. The van der Waals surface area contributed by atoms with Gasteiger partial charge in [0.1, 0.15) is 29.6 Å². The molecule has 0 aromatic carbocycles. The van der Waals surface area contributed by atoms with Crippen LogP contribution in [0.3, 0.4) is 0 Å². The maximum absolute atomic E-state index is 14.3. The first kappa shape index (κ1) is 32.9. The Kier molecular flexibility index (Phi) is 10.7. The standard InChI is InChI=1S/C36H47N5O6/c1-23-32(45-3)15-14-30(39-23)25-6-4-24(5-7-25)21-41(33-20-28(16-17-37-33)31-22-46-34(40-31)26-8-9-26)35(42)27-10-12-29(13-11-27)47-36(43)38-18-19-44-2/h14-17,20,22,24-27,29H,4-13,18-19,21H2,1-3H3,(H,38,43)/t24-,25-,27-,29-. The molecule has 0 radical (unpaired) electrons. The minimum absolute atomic E-state index is 0.0889. The summed E-state index contributed by atoms with van der Waals surface area (Å²) >= 11 is 0. The predicted molar refractivity (Wildman–Crippen MR) is 176 cm³/mol. The molecule has 47 heavy (non-hydrogen) atoms. The van der Waals surface area contributed by atoms with E-state index in [0.717, 1.165) is 72.8 Å². The van der Waals surface area contributed by atoms with Gasteiger partial charge in [-0.1, -0.05) is 0 Å². The van der Waals surface area contributed by atoms with Gasteiger partial charge in [0.2, 0.25) is 5.91 Å². The van der Waals surface area contributed by atoms with Crippen molar-refractivity contribution in [3.63, 3.8) is 0 Å². The van der Waals surface area contributed by atoms with Crippen LogP contribution in [0, 0.1) is 18.8 Å². The maximum Gasteiger partial charge on any atom is 0.407 e. The van der Waals surface area contributed by atoms with E-state index in [1.165, 1.54) is 0 Å². The third kappa shape index (κ3) is 8.30. The highest BCUT2D eigenvalue weighted by atomic mass is 16.6. The number of pyridine rings is 2. The normalized spacial score (nSPS) is 22.8. The lowest BCUT2D eigenvalue weighted by Crippen LogP contribution is -2.43. The van der Waals surface area contributed by atoms with E-state index in [9.17, 15) is 9.59 Å². The molecule has 6 rings (SSSR count). The van der Waals surface area contributed by atoms with Crippen LogP contribution in [0.4, 0.5) is 10.6 Å². The molecule has 3 aliphatic rings. The second-order valence-corrected chi connectivity index (χ2v) is 13.2. The van der Waals surface area contributed by atoms with E-state index in [0.29, 0.717) is 69.0 Å². The minimum Gasteiger partial charge on any atom is -0.495 e. The number of ether oxygens (including phenoxy) is 3. The van der Waals surface area contributed by atoms with Crippen molar-refractivity contribution < 1.29 is 28.2 Å². The molecule has 0 saturated heterocycles. The summed E-state index contributed by atoms with van der Waals surface area (Å²) in [4.78, 5) is 42.7. The van der Waals surface area contributed by atoms with Crippen molar-refractivity contribution in [2.45, 2.75) is 89.1 Å². The van der Waals surface area contributed by atoms with E-state index in [1.807, 2.05) is 30.0 Å². The number of hydrogen-bond acceptors (Lipinski definition) is 9. The van der Waals surface area contributed by atoms with E-state index in [1.54, 1.807) is 26.7 Å². The quantitative estimate of drug-likeness (QED) is 0.218. The Hall–Kier alpha value is -3.99. The molecular weight excluding hydrogens is 598 g/mol. The van der Waals surface area contributed by atoms with E-state index in [-0.39, 0.29) is 17.9 Å². The molecule has 3 heterocycles. The number of aromatic nitrogens is 3. The van der Waals surface area contributed by atoms with Crippen LogP contribution < -0.4 is 15.0 Å². The van der Waals surface area contributed by atoms with Gasteiger partial charge in [0.25, 0.3) is 0 Å². The molecule has 0 atom stereocenters. The van der Waals surface area contributed by atoms with Crippen molar-refractivity contribution >= 4 is 17.8 Å². The molecule has 0 spiro atoms. The first-order valence-electron chi connectivity index (χ1n) is 17.1. The molecule has 3 aromatic heterocycles. The van der Waals surface area contributed by atoms with Gasteiger partial charge in [-0.15, -0.1) is 0 Å². The highest BCUT2D eigenvalue weighted by Crippen LogP contribution is 2.41. The molecule has 1 N–H and O–H groups in total. The van der Waals surface area contributed by atoms with Crippen molar-refractivity contribution in [1.82, 2.24) is 20.3 Å². The average molecular weight is 646 g/mol. The van der Waals surface area contributed by atoms with Crippen molar-refractivity contribution in [1.29, 1.82) is 0 Å². The third-order valence-electron chi connectivity index (χ3n) is 9.89. The molecule has 3 aromatic rings. The smallest absolute Gasteiger partial charge is 0.407 e. The molecule has 11 heteroatoms. The number of methoxy groups -OCH3 is 2. The largest absolute Gasteiger partial charge is 0.495 e. The van der Waals surface area contributed by atoms with Gasteiger partial charge in [-0.3, -0.25) is 14.7 Å². The molecular formula is C36H47N5O6. The second-order valence-electron chi connectivity index (χ2n) is 13.2. The van der Waals surface area contributed by atoms with Crippen LogP contribution in [-0.4, -0.2) is 67.0 Å². The van der Waals surface area contributed by atoms with Gasteiger partial charge < -0.3 is 23.9 Å². The Morgan fingerprint density at radius 3 is 2.43 bits per heavy atom. The summed E-state index contributed by atoms with van der Waals surface area (Å²) in [5.41, 5.74) is 3.70. The van der Waals surface area contributed by atoms with Crippen LogP contribution in [0.25, 0.3) is 11.3 Å². The first-order valence-corrected chi connectivity index (χ1v) is 17.1. The Morgan fingerprint density at radius 2 is 1.72 bits per heavy atom. The third-order valence-corrected chi connectivity index (χ3v) is 9.89. The lowest BCUT2D eigenvalue weighted by molar-refractivity contribution is -0.124. The SMILES string of the molecule is COCCNC(=O)O[C@H]1CC[C@H](C(=O)N(C[C@H]2CC[C@H](c3ccc(OC)c(C)n3)CC2)c2cc(-c3coc(C4CC4)n3)ccn2)CC1. The van der Waals surface area contributed by atoms with Crippen LogP contribution in [0.2, 0.25) is 0 Å². The zero-order valence-corrected chi connectivity index (χ0v) is 27.8. The fraction of sp³-hybridized carbons (Fsp3) is 0.583. The highest BCUT2D eigenvalue weighted by molar-refractivity contribution is 5.94. The fourth-order valence-corrected chi connectivity index (χ4v) is 6.97. The Bertz CT molecular complexity index is 1510. The van der Waals surface area contributed by atoms with E-state index in [4.69, 9.17) is 33.6 Å². The van der Waals surface area contributed by atoms with E-state index in [2.05, 4.69) is 11.4 Å². The van der Waals surface area contributed by atoms with Crippen molar-refractivity contribution in [2.24, 2.45) is 11.8 Å². The Labute approximate surface area is 276 Å². The number of nitrogens with zero attached hydrogens (tertiary/aromatic N) is 4. The topological polar surface area (TPSA) is 129 Å². The maximum atomic E-state index is 14.3. The summed E-state index contributed by atoms with van der Waals surface area (Å²) in [6, 6.07) is 8.00. The number of nitrogens with one attached hydrogen (secondary N) is 1. The number of oxazole rings is 1. The number of carbonyl (C=O) groups excluding carboxylic acids is 2. The number of alkyl carbamates (subject to hydrolysis) is 1. The van der Waals surface area contributed by atoms with Crippen LogP contribution in [0.5, 0.6) is 5.75 Å². The first-order chi connectivity index (χ1) is 22.9. The molecule has 3 saturated carbocycles. The molecule has 3 aliphatic carbocycles. The van der Waals surface area contributed by atoms with Crippen LogP contribution >= 0.6 is 0 Å². The average Bonchev–Trinajstić information content (AvgIpc) is 3.83. The number of anilines is 1. The zero-order chi connectivity index (χ0) is 32.8. The van der Waals surface area contributed by atoms with Gasteiger partial charge in [-0.2, -0.15) is 0 Å². The summed E-state index contributed by atoms with van der Waals surface area (Å²) in [6.07, 6.45) is 11.8. The number of rotatable bonds is 12. The lowest BCUT2D eigenvalue weighted by atomic mass is 9.79. The van der Waals surface area contributed by atoms with E-state index < -0.39 is 6.09 Å². The van der Waals surface area contributed by atoms with Crippen LogP contribution in [0.15, 0.2) is 41.1 Å². The minimum atomic E-state index is -0.437. The van der Waals surface area contributed by atoms with Gasteiger partial charge in [0.15, 0.2) is 5.89 Å². The number of hydrogen-bond donors (Lipinski definition) is 1. The highest BCUT2D eigenvalue weighted by Gasteiger charge is 2.35. The molecule has 0 unspecified atom stereocenters. The fourth-order valence-electron chi connectivity index (χ4n) is 6.97. The molecule has 3 fully saturated rings. The number of aryl methyl sites for hydroxylation is 1. The van der Waals surface area contributed by atoms with Crippen molar-refractivity contribution in [3.8, 4) is 17.0 Å². The van der Waals surface area contributed by atoms with Crippen molar-refractivity contribution in [2.75, 3.05) is 38.8 Å². The molecule has 2 amide bonds. The van der Waals surface area contributed by atoms with Crippen LogP contribution in [-0.2, 0) is 14.3 Å². The summed E-state index contributed by atoms with van der Waals surface area (Å²) in [7, 11) is 3.26. The monoisotopic (exact) mass is 645 g/mol.